The number of hydrogen-bond acceptors (Lipinski definition) is 2. The molecule has 24 heavy (non-hydrogen) atoms. The zero-order chi connectivity index (χ0) is 17.7. The van der Waals surface area contributed by atoms with Crippen LogP contribution in [0.3, 0.4) is 0 Å². The maximum atomic E-state index is 13.7. The summed E-state index contributed by atoms with van der Waals surface area (Å²) in [5.41, 5.74) is -0.128. The van der Waals surface area contributed by atoms with Crippen LogP contribution in [0.5, 0.6) is 0 Å². The molecule has 2 rings (SSSR count). The lowest BCUT2D eigenvalue weighted by atomic mass is 9.95. The van der Waals surface area contributed by atoms with E-state index in [4.69, 9.17) is 0 Å². The summed E-state index contributed by atoms with van der Waals surface area (Å²) in [4.78, 5) is 25.9. The molecule has 2 amide bonds. The Morgan fingerprint density at radius 1 is 1.25 bits per heavy atom. The van der Waals surface area contributed by atoms with Gasteiger partial charge in [-0.3, -0.25) is 9.59 Å². The second kappa shape index (κ2) is 8.22. The SMILES string of the molecule is CC(C)CCNC(=O)C1CCN(C(=O)c2ccc(F)cc2F)CC1. The molecule has 0 spiro atoms. The predicted molar refractivity (Wildman–Crippen MR) is 87.5 cm³/mol. The number of halogens is 2. The number of nitrogens with one attached hydrogen (secondary N) is 1. The van der Waals surface area contributed by atoms with Crippen LogP contribution in [0.2, 0.25) is 0 Å². The number of hydrogen-bond donors (Lipinski definition) is 1. The molecule has 1 aromatic rings. The molecule has 0 unspecified atom stereocenters. The summed E-state index contributed by atoms with van der Waals surface area (Å²) in [5.74, 6) is -1.56. The topological polar surface area (TPSA) is 49.4 Å². The standard InChI is InChI=1S/C18H24F2N2O2/c1-12(2)5-8-21-17(23)13-6-9-22(10-7-13)18(24)15-4-3-14(19)11-16(15)20/h3-4,11-13H,5-10H2,1-2H3,(H,21,23). The average molecular weight is 338 g/mol. The van der Waals surface area contributed by atoms with E-state index in [0.717, 1.165) is 18.6 Å². The van der Waals surface area contributed by atoms with E-state index in [0.29, 0.717) is 44.5 Å². The first-order valence-electron chi connectivity index (χ1n) is 8.40. The number of nitrogens with zero attached hydrogens (tertiary/aromatic N) is 1. The van der Waals surface area contributed by atoms with Gasteiger partial charge in [0.1, 0.15) is 11.6 Å². The Hall–Kier alpha value is -1.98. The third kappa shape index (κ3) is 4.76. The predicted octanol–water partition coefficient (Wildman–Crippen LogP) is 2.98. The number of rotatable bonds is 5. The van der Waals surface area contributed by atoms with E-state index in [2.05, 4.69) is 19.2 Å². The van der Waals surface area contributed by atoms with Crippen molar-refractivity contribution >= 4 is 11.8 Å². The first-order valence-corrected chi connectivity index (χ1v) is 8.40. The monoisotopic (exact) mass is 338 g/mol. The zero-order valence-corrected chi connectivity index (χ0v) is 14.1. The van der Waals surface area contributed by atoms with Crippen molar-refractivity contribution in [2.24, 2.45) is 11.8 Å². The highest BCUT2D eigenvalue weighted by molar-refractivity contribution is 5.94. The highest BCUT2D eigenvalue weighted by atomic mass is 19.1. The second-order valence-electron chi connectivity index (χ2n) is 6.66. The van der Waals surface area contributed by atoms with Crippen molar-refractivity contribution in [2.75, 3.05) is 19.6 Å². The Kier molecular flexibility index (Phi) is 6.29. The molecule has 132 valence electrons. The van der Waals surface area contributed by atoms with Crippen LogP contribution in [-0.2, 0) is 4.79 Å². The van der Waals surface area contributed by atoms with E-state index in [9.17, 15) is 18.4 Å². The number of benzene rings is 1. The third-order valence-corrected chi connectivity index (χ3v) is 4.34. The molecule has 0 saturated carbocycles. The van der Waals surface area contributed by atoms with Gasteiger partial charge in [-0.2, -0.15) is 0 Å². The smallest absolute Gasteiger partial charge is 0.256 e. The molecule has 0 atom stereocenters. The van der Waals surface area contributed by atoms with Gasteiger partial charge in [-0.15, -0.1) is 0 Å². The van der Waals surface area contributed by atoms with Crippen LogP contribution in [0.15, 0.2) is 18.2 Å². The van der Waals surface area contributed by atoms with Gasteiger partial charge in [0.25, 0.3) is 5.91 Å². The number of carbonyl (C=O) groups is 2. The van der Waals surface area contributed by atoms with E-state index in [1.54, 1.807) is 0 Å². The molecular formula is C18H24F2N2O2. The molecule has 1 heterocycles. The molecule has 4 nitrogen and oxygen atoms in total. The van der Waals surface area contributed by atoms with Gasteiger partial charge in [0.15, 0.2) is 0 Å². The lowest BCUT2D eigenvalue weighted by Gasteiger charge is -2.31. The minimum atomic E-state index is -0.853. The Balaban J connectivity index is 1.85. The van der Waals surface area contributed by atoms with Crippen molar-refractivity contribution in [3.8, 4) is 0 Å². The molecule has 1 aromatic carbocycles. The number of amides is 2. The molecule has 1 N–H and O–H groups in total. The fourth-order valence-corrected chi connectivity index (χ4v) is 2.81. The largest absolute Gasteiger partial charge is 0.356 e. The molecule has 1 aliphatic rings. The molecule has 1 aliphatic heterocycles. The van der Waals surface area contributed by atoms with Crippen molar-refractivity contribution in [2.45, 2.75) is 33.1 Å². The van der Waals surface area contributed by atoms with Crippen LogP contribution >= 0.6 is 0 Å². The Morgan fingerprint density at radius 3 is 2.50 bits per heavy atom. The van der Waals surface area contributed by atoms with Crippen molar-refractivity contribution in [1.82, 2.24) is 10.2 Å². The summed E-state index contributed by atoms with van der Waals surface area (Å²) >= 11 is 0. The highest BCUT2D eigenvalue weighted by Gasteiger charge is 2.28. The zero-order valence-electron chi connectivity index (χ0n) is 14.1. The number of likely N-dealkylation sites (tertiary alicyclic amines) is 1. The van der Waals surface area contributed by atoms with E-state index in [-0.39, 0.29) is 17.4 Å². The summed E-state index contributed by atoms with van der Waals surface area (Å²) in [6.45, 7) is 5.67. The van der Waals surface area contributed by atoms with Crippen molar-refractivity contribution in [1.29, 1.82) is 0 Å². The molecule has 1 fully saturated rings. The van der Waals surface area contributed by atoms with Crippen LogP contribution in [0, 0.1) is 23.5 Å². The number of piperidine rings is 1. The highest BCUT2D eigenvalue weighted by Crippen LogP contribution is 2.20. The van der Waals surface area contributed by atoms with Gasteiger partial charge in [0.05, 0.1) is 5.56 Å². The maximum Gasteiger partial charge on any atom is 0.256 e. The van der Waals surface area contributed by atoms with E-state index < -0.39 is 17.5 Å². The molecule has 0 radical (unpaired) electrons. The van der Waals surface area contributed by atoms with Crippen LogP contribution in [0.4, 0.5) is 8.78 Å². The molecule has 0 aliphatic carbocycles. The maximum absolute atomic E-state index is 13.7. The summed E-state index contributed by atoms with van der Waals surface area (Å²) in [6, 6.07) is 2.95. The van der Waals surface area contributed by atoms with Gasteiger partial charge in [-0.1, -0.05) is 13.8 Å². The molecule has 0 aromatic heterocycles. The summed E-state index contributed by atoms with van der Waals surface area (Å²) in [7, 11) is 0. The van der Waals surface area contributed by atoms with Gasteiger partial charge in [-0.05, 0) is 37.3 Å². The molecule has 1 saturated heterocycles. The van der Waals surface area contributed by atoms with E-state index in [1.807, 2.05) is 0 Å². The van der Waals surface area contributed by atoms with E-state index in [1.165, 1.54) is 4.90 Å². The van der Waals surface area contributed by atoms with E-state index >= 15 is 0 Å². The quantitative estimate of drug-likeness (QED) is 0.897. The summed E-state index contributed by atoms with van der Waals surface area (Å²) in [6.07, 6.45) is 2.05. The van der Waals surface area contributed by atoms with Gasteiger partial charge in [0.2, 0.25) is 5.91 Å². The average Bonchev–Trinajstić information content (AvgIpc) is 2.54. The summed E-state index contributed by atoms with van der Waals surface area (Å²) in [5, 5.41) is 2.93. The van der Waals surface area contributed by atoms with Crippen molar-refractivity contribution < 1.29 is 18.4 Å². The minimum Gasteiger partial charge on any atom is -0.356 e. The van der Waals surface area contributed by atoms with Crippen LogP contribution in [-0.4, -0.2) is 36.3 Å². The molecular weight excluding hydrogens is 314 g/mol. The fraction of sp³-hybridized carbons (Fsp3) is 0.556. The second-order valence-corrected chi connectivity index (χ2v) is 6.66. The van der Waals surface area contributed by atoms with Gasteiger partial charge < -0.3 is 10.2 Å². The Labute approximate surface area is 141 Å². The summed E-state index contributed by atoms with van der Waals surface area (Å²) < 4.78 is 26.6. The van der Waals surface area contributed by atoms with Crippen LogP contribution in [0.1, 0.15) is 43.5 Å². The fourth-order valence-electron chi connectivity index (χ4n) is 2.81. The lowest BCUT2D eigenvalue weighted by molar-refractivity contribution is -0.126. The Bertz CT molecular complexity index is 597. The van der Waals surface area contributed by atoms with Gasteiger partial charge >= 0.3 is 0 Å². The molecule has 6 heteroatoms. The first-order chi connectivity index (χ1) is 11.4. The normalized spacial score (nSPS) is 15.6. The van der Waals surface area contributed by atoms with Crippen molar-refractivity contribution in [3.63, 3.8) is 0 Å². The van der Waals surface area contributed by atoms with Crippen LogP contribution in [0.25, 0.3) is 0 Å². The lowest BCUT2D eigenvalue weighted by Crippen LogP contribution is -2.43. The molecule has 0 bridgehead atoms. The third-order valence-electron chi connectivity index (χ3n) is 4.34. The van der Waals surface area contributed by atoms with Gasteiger partial charge in [0, 0.05) is 31.6 Å². The number of carbonyl (C=O) groups excluding carboxylic acids is 2. The Morgan fingerprint density at radius 2 is 1.92 bits per heavy atom. The first kappa shape index (κ1) is 18.4. The minimum absolute atomic E-state index is 0.0238. The van der Waals surface area contributed by atoms with Gasteiger partial charge in [-0.25, -0.2) is 8.78 Å². The van der Waals surface area contributed by atoms with Crippen molar-refractivity contribution in [3.05, 3.63) is 35.4 Å². The van der Waals surface area contributed by atoms with Crippen LogP contribution < -0.4 is 5.32 Å².